The molecule has 1 aliphatic carbocycles. The topological polar surface area (TPSA) is 40.5 Å². The SMILES string of the molecule is O=C(O)CCCCN1CC2(CCC2)C1. The lowest BCUT2D eigenvalue weighted by molar-refractivity contribution is -0.137. The normalized spacial score (nSPS) is 24.3. The van der Waals surface area contributed by atoms with Gasteiger partial charge in [-0.3, -0.25) is 4.79 Å². The van der Waals surface area contributed by atoms with Gasteiger partial charge in [0.2, 0.25) is 0 Å². The van der Waals surface area contributed by atoms with Crippen LogP contribution in [0.3, 0.4) is 0 Å². The standard InChI is InChI=1S/C11H19NO2/c13-10(14)4-1-2-7-12-8-11(9-12)5-3-6-11/h1-9H2,(H,13,14). The Kier molecular flexibility index (Phi) is 2.77. The molecule has 1 N–H and O–H groups in total. The predicted octanol–water partition coefficient (Wildman–Crippen LogP) is 1.73. The van der Waals surface area contributed by atoms with Gasteiger partial charge in [-0.2, -0.15) is 0 Å². The second-order valence-electron chi connectivity index (χ2n) is 4.92. The molecule has 2 fully saturated rings. The molecule has 0 aromatic rings. The molecule has 2 aliphatic rings. The van der Waals surface area contributed by atoms with Crippen molar-refractivity contribution in [1.82, 2.24) is 4.90 Å². The van der Waals surface area contributed by atoms with Gasteiger partial charge in [0.25, 0.3) is 0 Å². The number of hydrogen-bond donors (Lipinski definition) is 1. The Bertz CT molecular complexity index is 215. The molecule has 1 saturated heterocycles. The van der Waals surface area contributed by atoms with Gasteiger partial charge in [0.05, 0.1) is 0 Å². The number of nitrogens with zero attached hydrogens (tertiary/aromatic N) is 1. The van der Waals surface area contributed by atoms with E-state index >= 15 is 0 Å². The fourth-order valence-corrected chi connectivity index (χ4v) is 2.67. The van der Waals surface area contributed by atoms with E-state index in [2.05, 4.69) is 4.90 Å². The first-order valence-corrected chi connectivity index (χ1v) is 5.64. The van der Waals surface area contributed by atoms with Crippen molar-refractivity contribution in [2.45, 2.75) is 38.5 Å². The van der Waals surface area contributed by atoms with Gasteiger partial charge in [0.15, 0.2) is 0 Å². The summed E-state index contributed by atoms with van der Waals surface area (Å²) >= 11 is 0. The number of carboxylic acids is 1. The van der Waals surface area contributed by atoms with Gasteiger partial charge in [-0.05, 0) is 37.6 Å². The lowest BCUT2D eigenvalue weighted by Crippen LogP contribution is -2.59. The Morgan fingerprint density at radius 1 is 1.29 bits per heavy atom. The molecule has 3 heteroatoms. The summed E-state index contributed by atoms with van der Waals surface area (Å²) in [6.07, 6.45) is 6.49. The summed E-state index contributed by atoms with van der Waals surface area (Å²) in [5.41, 5.74) is 0.715. The Morgan fingerprint density at radius 3 is 2.50 bits per heavy atom. The maximum Gasteiger partial charge on any atom is 0.303 e. The van der Waals surface area contributed by atoms with Gasteiger partial charge in [0, 0.05) is 19.5 Å². The number of likely N-dealkylation sites (tertiary alicyclic amines) is 1. The molecule has 0 aromatic heterocycles. The van der Waals surface area contributed by atoms with Gasteiger partial charge in [-0.1, -0.05) is 6.42 Å². The Morgan fingerprint density at radius 2 is 2.00 bits per heavy atom. The summed E-state index contributed by atoms with van der Waals surface area (Å²) in [6.45, 7) is 3.66. The van der Waals surface area contributed by atoms with Crippen LogP contribution in [0.1, 0.15) is 38.5 Å². The van der Waals surface area contributed by atoms with E-state index in [-0.39, 0.29) is 0 Å². The molecule has 0 bridgehead atoms. The Labute approximate surface area is 85.1 Å². The van der Waals surface area contributed by atoms with Crippen LogP contribution < -0.4 is 0 Å². The molecular weight excluding hydrogens is 178 g/mol. The van der Waals surface area contributed by atoms with Crippen LogP contribution in [0.15, 0.2) is 0 Å². The molecule has 2 rings (SSSR count). The van der Waals surface area contributed by atoms with E-state index < -0.39 is 5.97 Å². The summed E-state index contributed by atoms with van der Waals surface area (Å²) in [5.74, 6) is -0.663. The van der Waals surface area contributed by atoms with Crippen LogP contribution in [-0.2, 0) is 4.79 Å². The molecule has 0 aromatic carbocycles. The number of aliphatic carboxylic acids is 1. The van der Waals surface area contributed by atoms with Crippen molar-refractivity contribution in [2.24, 2.45) is 5.41 Å². The molecule has 3 nitrogen and oxygen atoms in total. The van der Waals surface area contributed by atoms with Gasteiger partial charge in [0.1, 0.15) is 0 Å². The molecule has 0 amide bonds. The van der Waals surface area contributed by atoms with E-state index in [1.807, 2.05) is 0 Å². The summed E-state index contributed by atoms with van der Waals surface area (Å²) < 4.78 is 0. The van der Waals surface area contributed by atoms with Crippen molar-refractivity contribution in [3.8, 4) is 0 Å². The average molecular weight is 197 g/mol. The van der Waals surface area contributed by atoms with Crippen molar-refractivity contribution >= 4 is 5.97 Å². The largest absolute Gasteiger partial charge is 0.481 e. The van der Waals surface area contributed by atoms with Crippen molar-refractivity contribution in [2.75, 3.05) is 19.6 Å². The first kappa shape index (κ1) is 9.97. The van der Waals surface area contributed by atoms with Gasteiger partial charge >= 0.3 is 5.97 Å². The Balaban J connectivity index is 1.50. The number of rotatable bonds is 5. The second kappa shape index (κ2) is 3.89. The lowest BCUT2D eigenvalue weighted by Gasteiger charge is -2.56. The summed E-state index contributed by atoms with van der Waals surface area (Å²) in [7, 11) is 0. The number of carboxylic acid groups (broad SMARTS) is 1. The van der Waals surface area contributed by atoms with E-state index in [4.69, 9.17) is 5.11 Å². The first-order valence-electron chi connectivity index (χ1n) is 5.64. The van der Waals surface area contributed by atoms with Crippen LogP contribution >= 0.6 is 0 Å². The molecule has 0 unspecified atom stereocenters. The summed E-state index contributed by atoms with van der Waals surface area (Å²) in [5, 5.41) is 8.47. The van der Waals surface area contributed by atoms with Crippen LogP contribution in [0.5, 0.6) is 0 Å². The van der Waals surface area contributed by atoms with Crippen LogP contribution in [0.25, 0.3) is 0 Å². The predicted molar refractivity (Wildman–Crippen MR) is 54.2 cm³/mol. The van der Waals surface area contributed by atoms with Gasteiger partial charge in [-0.15, -0.1) is 0 Å². The quantitative estimate of drug-likeness (QED) is 0.682. The molecule has 1 saturated carbocycles. The van der Waals surface area contributed by atoms with E-state index in [0.29, 0.717) is 11.8 Å². The van der Waals surface area contributed by atoms with Crippen LogP contribution in [-0.4, -0.2) is 35.6 Å². The number of carbonyl (C=O) groups is 1. The molecule has 1 aliphatic heterocycles. The minimum Gasteiger partial charge on any atom is -0.481 e. The van der Waals surface area contributed by atoms with E-state index in [0.717, 1.165) is 19.4 Å². The fraction of sp³-hybridized carbons (Fsp3) is 0.909. The van der Waals surface area contributed by atoms with E-state index in [1.54, 1.807) is 0 Å². The zero-order valence-corrected chi connectivity index (χ0v) is 8.67. The zero-order chi connectivity index (χ0) is 10.0. The van der Waals surface area contributed by atoms with Crippen LogP contribution in [0.4, 0.5) is 0 Å². The molecule has 0 radical (unpaired) electrons. The van der Waals surface area contributed by atoms with Crippen LogP contribution in [0.2, 0.25) is 0 Å². The summed E-state index contributed by atoms with van der Waals surface area (Å²) in [6, 6.07) is 0. The molecule has 1 heterocycles. The smallest absolute Gasteiger partial charge is 0.303 e. The highest BCUT2D eigenvalue weighted by Gasteiger charge is 2.46. The van der Waals surface area contributed by atoms with Gasteiger partial charge < -0.3 is 10.0 Å². The second-order valence-corrected chi connectivity index (χ2v) is 4.92. The van der Waals surface area contributed by atoms with Crippen molar-refractivity contribution in [3.05, 3.63) is 0 Å². The highest BCUT2D eigenvalue weighted by Crippen LogP contribution is 2.47. The van der Waals surface area contributed by atoms with Crippen LogP contribution in [0, 0.1) is 5.41 Å². The lowest BCUT2D eigenvalue weighted by atomic mass is 9.63. The third-order valence-corrected chi connectivity index (χ3v) is 3.65. The average Bonchev–Trinajstić information content (AvgIpc) is 1.96. The maximum absolute atomic E-state index is 10.3. The van der Waals surface area contributed by atoms with E-state index in [1.165, 1.54) is 32.4 Å². The number of unbranched alkanes of at least 4 members (excludes halogenated alkanes) is 1. The van der Waals surface area contributed by atoms with Crippen molar-refractivity contribution in [3.63, 3.8) is 0 Å². The molecule has 0 atom stereocenters. The molecule has 1 spiro atoms. The fourth-order valence-electron chi connectivity index (χ4n) is 2.67. The Hall–Kier alpha value is -0.570. The minimum atomic E-state index is -0.663. The monoisotopic (exact) mass is 197 g/mol. The first-order chi connectivity index (χ1) is 6.70. The van der Waals surface area contributed by atoms with Crippen molar-refractivity contribution < 1.29 is 9.90 Å². The van der Waals surface area contributed by atoms with E-state index in [9.17, 15) is 4.79 Å². The van der Waals surface area contributed by atoms with Gasteiger partial charge in [-0.25, -0.2) is 0 Å². The molecular formula is C11H19NO2. The number of hydrogen-bond acceptors (Lipinski definition) is 2. The molecule has 80 valence electrons. The highest BCUT2D eigenvalue weighted by atomic mass is 16.4. The van der Waals surface area contributed by atoms with Crippen molar-refractivity contribution in [1.29, 1.82) is 0 Å². The highest BCUT2D eigenvalue weighted by molar-refractivity contribution is 5.66. The molecule has 14 heavy (non-hydrogen) atoms. The zero-order valence-electron chi connectivity index (χ0n) is 8.67. The maximum atomic E-state index is 10.3. The third kappa shape index (κ3) is 2.08. The summed E-state index contributed by atoms with van der Waals surface area (Å²) in [4.78, 5) is 12.7. The minimum absolute atomic E-state index is 0.332. The third-order valence-electron chi connectivity index (χ3n) is 3.65.